The first-order valence-electron chi connectivity index (χ1n) is 13.1. The van der Waals surface area contributed by atoms with E-state index in [2.05, 4.69) is 5.32 Å². The van der Waals surface area contributed by atoms with Crippen LogP contribution in [0.1, 0.15) is 56.6 Å². The predicted octanol–water partition coefficient (Wildman–Crippen LogP) is 4.00. The van der Waals surface area contributed by atoms with E-state index in [4.69, 9.17) is 0 Å². The van der Waals surface area contributed by atoms with Gasteiger partial charge >= 0.3 is 10.2 Å². The highest BCUT2D eigenvalue weighted by Gasteiger charge is 2.35. The van der Waals surface area contributed by atoms with Crippen molar-refractivity contribution in [1.29, 1.82) is 0 Å². The third-order valence-electron chi connectivity index (χ3n) is 6.95. The van der Waals surface area contributed by atoms with Gasteiger partial charge in [-0.25, -0.2) is 8.70 Å². The van der Waals surface area contributed by atoms with Gasteiger partial charge in [-0.2, -0.15) is 12.7 Å². The maximum Gasteiger partial charge on any atom is 0.304 e. The second kappa shape index (κ2) is 13.2. The minimum atomic E-state index is -4.22. The van der Waals surface area contributed by atoms with Crippen LogP contribution in [-0.2, 0) is 26.3 Å². The maximum atomic E-state index is 14.8. The number of para-hydroxylation sites is 1. The van der Waals surface area contributed by atoms with Crippen molar-refractivity contribution >= 4 is 27.7 Å². The second-order valence-electron chi connectivity index (χ2n) is 10.0. The van der Waals surface area contributed by atoms with Crippen molar-refractivity contribution in [3.63, 3.8) is 0 Å². The zero-order valence-electron chi connectivity index (χ0n) is 22.7. The molecule has 0 radical (unpaired) electrons. The lowest BCUT2D eigenvalue weighted by Gasteiger charge is -2.35. The number of hydrogen-bond acceptors (Lipinski definition) is 4. The van der Waals surface area contributed by atoms with Crippen LogP contribution in [-0.4, -0.2) is 62.2 Å². The van der Waals surface area contributed by atoms with Gasteiger partial charge in [0.25, 0.3) is 0 Å². The Balaban J connectivity index is 1.96. The summed E-state index contributed by atoms with van der Waals surface area (Å²) in [5.41, 5.74) is 1.63. The van der Waals surface area contributed by atoms with E-state index in [1.807, 2.05) is 38.1 Å². The van der Waals surface area contributed by atoms with Gasteiger partial charge in [-0.1, -0.05) is 68.1 Å². The van der Waals surface area contributed by atoms with Gasteiger partial charge in [0, 0.05) is 26.7 Å². The first kappa shape index (κ1) is 29.6. The summed E-state index contributed by atoms with van der Waals surface area (Å²) in [4.78, 5) is 28.7. The Bertz CT molecular complexity index is 1200. The van der Waals surface area contributed by atoms with E-state index in [-0.39, 0.29) is 24.2 Å². The molecule has 8 nitrogen and oxygen atoms in total. The van der Waals surface area contributed by atoms with Crippen LogP contribution in [0.15, 0.2) is 48.5 Å². The quantitative estimate of drug-likeness (QED) is 0.461. The highest BCUT2D eigenvalue weighted by molar-refractivity contribution is 7.90. The average molecular weight is 547 g/mol. The van der Waals surface area contributed by atoms with Crippen molar-refractivity contribution < 1.29 is 22.4 Å². The molecule has 2 aromatic carbocycles. The van der Waals surface area contributed by atoms with E-state index in [1.165, 1.54) is 37.2 Å². The molecule has 38 heavy (non-hydrogen) atoms. The summed E-state index contributed by atoms with van der Waals surface area (Å²) in [6, 6.07) is 12.3. The predicted molar refractivity (Wildman–Crippen MR) is 147 cm³/mol. The molecule has 10 heteroatoms. The number of amides is 2. The second-order valence-corrected chi connectivity index (χ2v) is 12.1. The Kier molecular flexibility index (Phi) is 10.3. The molecule has 0 aliphatic heterocycles. The van der Waals surface area contributed by atoms with E-state index < -0.39 is 34.5 Å². The topological polar surface area (TPSA) is 90.0 Å². The van der Waals surface area contributed by atoms with Crippen LogP contribution in [0.5, 0.6) is 0 Å². The van der Waals surface area contributed by atoms with Crippen LogP contribution >= 0.6 is 0 Å². The number of nitrogens with zero attached hydrogens (tertiary/aromatic N) is 3. The van der Waals surface area contributed by atoms with Crippen molar-refractivity contribution in [1.82, 2.24) is 14.5 Å². The highest BCUT2D eigenvalue weighted by atomic mass is 32.2. The number of nitrogens with one attached hydrogen (secondary N) is 1. The van der Waals surface area contributed by atoms with Crippen molar-refractivity contribution in [3.8, 4) is 0 Å². The van der Waals surface area contributed by atoms with E-state index in [1.54, 1.807) is 0 Å². The van der Waals surface area contributed by atoms with Crippen LogP contribution in [0.3, 0.4) is 0 Å². The average Bonchev–Trinajstić information content (AvgIpc) is 2.89. The minimum absolute atomic E-state index is 0.0608. The summed E-state index contributed by atoms with van der Waals surface area (Å²) in [7, 11) is -1.57. The lowest BCUT2D eigenvalue weighted by molar-refractivity contribution is -0.140. The third-order valence-corrected chi connectivity index (χ3v) is 8.76. The molecule has 0 unspecified atom stereocenters. The zero-order valence-corrected chi connectivity index (χ0v) is 23.5. The number of hydrogen-bond donors (Lipinski definition) is 1. The fourth-order valence-electron chi connectivity index (χ4n) is 4.71. The molecule has 0 heterocycles. The zero-order chi connectivity index (χ0) is 27.9. The van der Waals surface area contributed by atoms with Gasteiger partial charge in [0.15, 0.2) is 0 Å². The number of halogens is 1. The third kappa shape index (κ3) is 7.32. The number of benzene rings is 2. The van der Waals surface area contributed by atoms with Gasteiger partial charge in [0.2, 0.25) is 11.8 Å². The summed E-state index contributed by atoms with van der Waals surface area (Å²) in [5, 5.41) is 3.11. The molecule has 1 aliphatic rings. The SMILES string of the molecule is CC[C@@H](C(=O)NC1CCCCC1)N(Cc1ccc(C)cc1)C(=O)CN(c1ccccc1F)S(=O)(=O)N(C)C. The van der Waals surface area contributed by atoms with Crippen molar-refractivity contribution in [2.45, 2.75) is 71.0 Å². The molecule has 2 amide bonds. The Hall–Kier alpha value is -2.98. The Morgan fingerprint density at radius 1 is 1.03 bits per heavy atom. The number of carbonyl (C=O) groups excluding carboxylic acids is 2. The number of anilines is 1. The standard InChI is InChI=1S/C28H39FN4O4S/c1-5-25(28(35)30-23-11-7-6-8-12-23)32(19-22-17-15-21(2)16-18-22)27(34)20-33(38(36,37)31(3)4)26-14-10-9-13-24(26)29/h9-10,13-18,23,25H,5-8,11-12,19-20H2,1-4H3,(H,30,35)/t25-/m0/s1. The Morgan fingerprint density at radius 2 is 1.66 bits per heavy atom. The Morgan fingerprint density at radius 3 is 2.24 bits per heavy atom. The monoisotopic (exact) mass is 546 g/mol. The van der Waals surface area contributed by atoms with Gasteiger partial charge in [0.05, 0.1) is 5.69 Å². The molecule has 1 atom stereocenters. The van der Waals surface area contributed by atoms with Gasteiger partial charge in [-0.15, -0.1) is 0 Å². The van der Waals surface area contributed by atoms with Crippen LogP contribution in [0, 0.1) is 12.7 Å². The van der Waals surface area contributed by atoms with Gasteiger partial charge in [-0.3, -0.25) is 9.59 Å². The van der Waals surface area contributed by atoms with Crippen molar-refractivity contribution in [2.75, 3.05) is 24.9 Å². The van der Waals surface area contributed by atoms with E-state index in [0.29, 0.717) is 6.42 Å². The van der Waals surface area contributed by atoms with Crippen LogP contribution in [0.4, 0.5) is 10.1 Å². The van der Waals surface area contributed by atoms with Gasteiger partial charge < -0.3 is 10.2 Å². The molecule has 0 spiro atoms. The highest BCUT2D eigenvalue weighted by Crippen LogP contribution is 2.24. The lowest BCUT2D eigenvalue weighted by Crippen LogP contribution is -2.54. The fourth-order valence-corrected chi connectivity index (χ4v) is 5.77. The molecule has 1 fully saturated rings. The molecular weight excluding hydrogens is 507 g/mol. The van der Waals surface area contributed by atoms with E-state index >= 15 is 0 Å². The molecule has 1 N–H and O–H groups in total. The Labute approximate surface area is 226 Å². The largest absolute Gasteiger partial charge is 0.352 e. The number of aryl methyl sites for hydroxylation is 1. The molecule has 1 saturated carbocycles. The summed E-state index contributed by atoms with van der Waals surface area (Å²) in [5.74, 6) is -1.62. The fraction of sp³-hybridized carbons (Fsp3) is 0.500. The number of rotatable bonds is 11. The van der Waals surface area contributed by atoms with Gasteiger partial charge in [-0.05, 0) is 43.9 Å². The summed E-state index contributed by atoms with van der Waals surface area (Å²) in [6.07, 6.45) is 5.39. The molecule has 0 aromatic heterocycles. The van der Waals surface area contributed by atoms with Crippen LogP contribution in [0.25, 0.3) is 0 Å². The van der Waals surface area contributed by atoms with E-state index in [9.17, 15) is 22.4 Å². The van der Waals surface area contributed by atoms with E-state index in [0.717, 1.165) is 57.9 Å². The number of carbonyl (C=O) groups is 2. The van der Waals surface area contributed by atoms with Crippen molar-refractivity contribution in [3.05, 3.63) is 65.5 Å². The molecular formula is C28H39FN4O4S. The molecule has 0 bridgehead atoms. The van der Waals surface area contributed by atoms with Crippen molar-refractivity contribution in [2.24, 2.45) is 0 Å². The first-order chi connectivity index (χ1) is 18.0. The summed E-state index contributed by atoms with van der Waals surface area (Å²) < 4.78 is 42.9. The van der Waals surface area contributed by atoms with Crippen LogP contribution in [0.2, 0.25) is 0 Å². The smallest absolute Gasteiger partial charge is 0.304 e. The summed E-state index contributed by atoms with van der Waals surface area (Å²) >= 11 is 0. The molecule has 3 rings (SSSR count). The normalized spacial score (nSPS) is 15.2. The maximum absolute atomic E-state index is 14.8. The summed E-state index contributed by atoms with van der Waals surface area (Å²) in [6.45, 7) is 3.24. The minimum Gasteiger partial charge on any atom is -0.352 e. The molecule has 208 valence electrons. The first-order valence-corrected chi connectivity index (χ1v) is 14.5. The lowest BCUT2D eigenvalue weighted by atomic mass is 9.95. The molecule has 1 aliphatic carbocycles. The molecule has 2 aromatic rings. The van der Waals surface area contributed by atoms with Gasteiger partial charge in [0.1, 0.15) is 18.4 Å². The molecule has 0 saturated heterocycles. The van der Waals surface area contributed by atoms with Crippen LogP contribution < -0.4 is 9.62 Å².